The van der Waals surface area contributed by atoms with Crippen molar-refractivity contribution < 1.29 is 0 Å². The molecular weight excluding hydrogens is 174 g/mol. The molecule has 1 aromatic carbocycles. The Morgan fingerprint density at radius 3 is 2.08 bits per heavy atom. The van der Waals surface area contributed by atoms with Gasteiger partial charge >= 0.3 is 0 Å². The van der Waals surface area contributed by atoms with E-state index in [9.17, 15) is 0 Å². The Morgan fingerprint density at radius 2 is 1.62 bits per heavy atom. The molecule has 0 aromatic heterocycles. The molecule has 0 saturated carbocycles. The summed E-state index contributed by atoms with van der Waals surface area (Å²) in [5, 5.41) is 0. The van der Waals surface area contributed by atoms with E-state index in [1.54, 1.807) is 0 Å². The SMILES string of the molecule is Cc1ccc(C=N[Si](C)(C)C)cc1. The number of hydrogen-bond acceptors (Lipinski definition) is 1. The van der Waals surface area contributed by atoms with Gasteiger partial charge in [0.2, 0.25) is 0 Å². The van der Waals surface area contributed by atoms with Crippen molar-refractivity contribution in [3.63, 3.8) is 0 Å². The predicted octanol–water partition coefficient (Wildman–Crippen LogP) is 3.25. The Labute approximate surface area is 81.6 Å². The predicted molar refractivity (Wildman–Crippen MR) is 62.1 cm³/mol. The molecule has 0 saturated heterocycles. The maximum absolute atomic E-state index is 4.57. The van der Waals surface area contributed by atoms with Gasteiger partial charge in [-0.25, -0.2) is 0 Å². The van der Waals surface area contributed by atoms with Crippen molar-refractivity contribution in [3.05, 3.63) is 35.4 Å². The molecule has 1 aromatic rings. The summed E-state index contributed by atoms with van der Waals surface area (Å²) in [6.07, 6.45) is 1.99. The second kappa shape index (κ2) is 3.88. The van der Waals surface area contributed by atoms with Crippen LogP contribution >= 0.6 is 0 Å². The summed E-state index contributed by atoms with van der Waals surface area (Å²) in [4.78, 5) is 0. The van der Waals surface area contributed by atoms with E-state index in [0.29, 0.717) is 0 Å². The van der Waals surface area contributed by atoms with Gasteiger partial charge in [0.15, 0.2) is 8.24 Å². The van der Waals surface area contributed by atoms with Crippen LogP contribution in [0.25, 0.3) is 0 Å². The molecule has 0 fully saturated rings. The van der Waals surface area contributed by atoms with Crippen molar-refractivity contribution in [1.82, 2.24) is 0 Å². The summed E-state index contributed by atoms with van der Waals surface area (Å²) in [7, 11) is -1.28. The third-order valence-corrected chi connectivity index (χ3v) is 2.58. The van der Waals surface area contributed by atoms with Gasteiger partial charge in [0.1, 0.15) is 0 Å². The summed E-state index contributed by atoms with van der Waals surface area (Å²) < 4.78 is 4.57. The molecule has 0 radical (unpaired) electrons. The molecule has 0 atom stereocenters. The molecule has 0 spiro atoms. The van der Waals surface area contributed by atoms with Crippen LogP contribution in [0.1, 0.15) is 11.1 Å². The first-order valence-corrected chi connectivity index (χ1v) is 8.04. The molecule has 13 heavy (non-hydrogen) atoms. The molecule has 0 aliphatic carbocycles. The molecule has 0 amide bonds. The van der Waals surface area contributed by atoms with Gasteiger partial charge in [0, 0.05) is 6.21 Å². The third kappa shape index (κ3) is 4.04. The monoisotopic (exact) mass is 191 g/mol. The molecule has 0 unspecified atom stereocenters. The summed E-state index contributed by atoms with van der Waals surface area (Å²) in [6, 6.07) is 8.45. The fourth-order valence-corrected chi connectivity index (χ4v) is 1.46. The van der Waals surface area contributed by atoms with Crippen molar-refractivity contribution in [3.8, 4) is 0 Å². The van der Waals surface area contributed by atoms with Gasteiger partial charge in [-0.1, -0.05) is 29.8 Å². The van der Waals surface area contributed by atoms with E-state index in [0.717, 1.165) is 0 Å². The van der Waals surface area contributed by atoms with Crippen molar-refractivity contribution in [2.75, 3.05) is 0 Å². The summed E-state index contributed by atoms with van der Waals surface area (Å²) in [5.41, 5.74) is 2.50. The van der Waals surface area contributed by atoms with E-state index in [2.05, 4.69) is 55.5 Å². The van der Waals surface area contributed by atoms with Gasteiger partial charge in [-0.2, -0.15) is 0 Å². The Bertz CT molecular complexity index is 293. The van der Waals surface area contributed by atoms with Crippen molar-refractivity contribution in [2.45, 2.75) is 26.6 Å². The molecule has 2 heteroatoms. The van der Waals surface area contributed by atoms with Gasteiger partial charge in [-0.05, 0) is 32.1 Å². The van der Waals surface area contributed by atoms with E-state index in [4.69, 9.17) is 0 Å². The van der Waals surface area contributed by atoms with Crippen molar-refractivity contribution in [2.24, 2.45) is 4.66 Å². The number of nitrogens with zero attached hydrogens (tertiary/aromatic N) is 1. The molecule has 1 nitrogen and oxygen atoms in total. The van der Waals surface area contributed by atoms with Crippen LogP contribution in [0.2, 0.25) is 19.6 Å². The topological polar surface area (TPSA) is 12.4 Å². The zero-order valence-electron chi connectivity index (χ0n) is 8.83. The van der Waals surface area contributed by atoms with Crippen LogP contribution in [0.5, 0.6) is 0 Å². The number of hydrogen-bond donors (Lipinski definition) is 0. The lowest BCUT2D eigenvalue weighted by Gasteiger charge is -2.07. The first-order valence-electron chi connectivity index (χ1n) is 4.59. The van der Waals surface area contributed by atoms with Crippen LogP contribution < -0.4 is 0 Å². The molecule has 1 rings (SSSR count). The van der Waals surface area contributed by atoms with E-state index in [-0.39, 0.29) is 0 Å². The number of benzene rings is 1. The van der Waals surface area contributed by atoms with Crippen LogP contribution in [0, 0.1) is 6.92 Å². The number of rotatable bonds is 2. The maximum atomic E-state index is 4.57. The Balaban J connectivity index is 2.75. The Hall–Kier alpha value is -0.893. The second-order valence-electron chi connectivity index (χ2n) is 4.34. The molecule has 70 valence electrons. The molecule has 0 bridgehead atoms. The van der Waals surface area contributed by atoms with E-state index in [1.165, 1.54) is 11.1 Å². The minimum Gasteiger partial charge on any atom is -0.329 e. The Morgan fingerprint density at radius 1 is 1.08 bits per heavy atom. The second-order valence-corrected chi connectivity index (χ2v) is 8.94. The fourth-order valence-electron chi connectivity index (χ4n) is 0.921. The quantitative estimate of drug-likeness (QED) is 0.502. The highest BCUT2D eigenvalue weighted by molar-refractivity contribution is 6.75. The van der Waals surface area contributed by atoms with Gasteiger partial charge in [0.25, 0.3) is 0 Å². The maximum Gasteiger partial charge on any atom is 0.172 e. The highest BCUT2D eigenvalue weighted by atomic mass is 28.3. The van der Waals surface area contributed by atoms with E-state index < -0.39 is 8.24 Å². The van der Waals surface area contributed by atoms with E-state index >= 15 is 0 Å². The first-order chi connectivity index (χ1) is 5.97. The van der Waals surface area contributed by atoms with Crippen LogP contribution in [0.4, 0.5) is 0 Å². The van der Waals surface area contributed by atoms with Gasteiger partial charge < -0.3 is 4.66 Å². The van der Waals surface area contributed by atoms with Crippen molar-refractivity contribution in [1.29, 1.82) is 0 Å². The summed E-state index contributed by atoms with van der Waals surface area (Å²) in [6.45, 7) is 8.80. The van der Waals surface area contributed by atoms with Gasteiger partial charge in [-0.3, -0.25) is 0 Å². The molecule has 0 heterocycles. The lowest BCUT2D eigenvalue weighted by atomic mass is 10.2. The lowest BCUT2D eigenvalue weighted by molar-refractivity contribution is 1.46. The standard InChI is InChI=1S/C11H17NSi/c1-10-5-7-11(8-6-10)9-12-13(2,3)4/h5-9H,1-4H3. The highest BCUT2D eigenvalue weighted by Gasteiger charge is 2.08. The zero-order chi connectivity index (χ0) is 9.90. The minimum absolute atomic E-state index is 1.20. The summed E-state index contributed by atoms with van der Waals surface area (Å²) >= 11 is 0. The first kappa shape index (κ1) is 10.2. The smallest absolute Gasteiger partial charge is 0.172 e. The largest absolute Gasteiger partial charge is 0.329 e. The number of aryl methyl sites for hydroxylation is 1. The molecule has 0 aliphatic rings. The molecule has 0 N–H and O–H groups in total. The van der Waals surface area contributed by atoms with Crippen LogP contribution in [0.15, 0.2) is 28.9 Å². The van der Waals surface area contributed by atoms with E-state index in [1.807, 2.05) is 6.21 Å². The van der Waals surface area contributed by atoms with Gasteiger partial charge in [-0.15, -0.1) is 0 Å². The third-order valence-electron chi connectivity index (χ3n) is 1.68. The van der Waals surface area contributed by atoms with Crippen LogP contribution in [-0.2, 0) is 0 Å². The van der Waals surface area contributed by atoms with Crippen LogP contribution in [0.3, 0.4) is 0 Å². The van der Waals surface area contributed by atoms with Gasteiger partial charge in [0.05, 0.1) is 0 Å². The Kier molecular flexibility index (Phi) is 3.04. The zero-order valence-corrected chi connectivity index (χ0v) is 9.83. The van der Waals surface area contributed by atoms with Crippen LogP contribution in [-0.4, -0.2) is 14.5 Å². The van der Waals surface area contributed by atoms with Crippen molar-refractivity contribution >= 4 is 14.5 Å². The summed E-state index contributed by atoms with van der Waals surface area (Å²) in [5.74, 6) is 0. The highest BCUT2D eigenvalue weighted by Crippen LogP contribution is 2.04. The fraction of sp³-hybridized carbons (Fsp3) is 0.364. The lowest BCUT2D eigenvalue weighted by Crippen LogP contribution is -2.16. The average molecular weight is 191 g/mol. The normalized spacial score (nSPS) is 12.3. The average Bonchev–Trinajstić information content (AvgIpc) is 2.02. The minimum atomic E-state index is -1.28. The molecule has 0 aliphatic heterocycles. The molecular formula is C11H17NSi.